The molecule has 0 aliphatic carbocycles. The summed E-state index contributed by atoms with van der Waals surface area (Å²) >= 11 is 0. The lowest BCUT2D eigenvalue weighted by Crippen LogP contribution is -2.38. The predicted octanol–water partition coefficient (Wildman–Crippen LogP) is 5.97. The summed E-state index contributed by atoms with van der Waals surface area (Å²) < 4.78 is 74.4. The Morgan fingerprint density at radius 2 is 1.79 bits per heavy atom. The maximum atomic E-state index is 14.3. The third kappa shape index (κ3) is 5.29. The number of esters is 1. The monoisotopic (exact) mass is 481 g/mol. The van der Waals surface area contributed by atoms with Crippen molar-refractivity contribution in [2.75, 3.05) is 6.61 Å². The molecule has 1 atom stereocenters. The first-order chi connectivity index (χ1) is 15.9. The lowest BCUT2D eigenvalue weighted by molar-refractivity contribution is -0.143. The van der Waals surface area contributed by atoms with Gasteiger partial charge in [0, 0.05) is 23.6 Å². The summed E-state index contributed by atoms with van der Waals surface area (Å²) in [5.74, 6) is -4.96. The van der Waals surface area contributed by atoms with Crippen LogP contribution in [0.4, 0.5) is 22.0 Å². The molecule has 0 saturated heterocycles. The Labute approximate surface area is 194 Å². The molecule has 0 bridgehead atoms. The molecule has 182 valence electrons. The van der Waals surface area contributed by atoms with Crippen molar-refractivity contribution in [3.05, 3.63) is 82.1 Å². The summed E-state index contributed by atoms with van der Waals surface area (Å²) in [7, 11) is 0. The maximum absolute atomic E-state index is 14.3. The number of allylic oxidation sites excluding steroid dienone is 1. The Kier molecular flexibility index (Phi) is 7.43. The van der Waals surface area contributed by atoms with Gasteiger partial charge in [-0.1, -0.05) is 44.2 Å². The molecule has 0 spiro atoms. The summed E-state index contributed by atoms with van der Waals surface area (Å²) in [6.45, 7) is 4.63. The summed E-state index contributed by atoms with van der Waals surface area (Å²) in [6, 6.07) is 8.24. The van der Waals surface area contributed by atoms with Gasteiger partial charge in [-0.15, -0.1) is 0 Å². The average Bonchev–Trinajstić information content (AvgIpc) is 2.76. The quantitative estimate of drug-likeness (QED) is 0.377. The molecule has 1 aliphatic heterocycles. The van der Waals surface area contributed by atoms with Crippen LogP contribution < -0.4 is 0 Å². The van der Waals surface area contributed by atoms with Crippen LogP contribution >= 0.6 is 0 Å². The fraction of sp³-hybridized carbons (Fsp3) is 0.360. The van der Waals surface area contributed by atoms with E-state index in [1.54, 1.807) is 13.8 Å². The minimum atomic E-state index is -4.71. The molecule has 0 N–H and O–H groups in total. The van der Waals surface area contributed by atoms with Gasteiger partial charge in [-0.3, -0.25) is 4.79 Å². The van der Waals surface area contributed by atoms with Gasteiger partial charge in [-0.25, -0.2) is 13.6 Å². The van der Waals surface area contributed by atoms with Crippen LogP contribution in [-0.4, -0.2) is 23.4 Å². The largest absolute Gasteiger partial charge is 0.462 e. The third-order valence-electron chi connectivity index (χ3n) is 5.59. The highest BCUT2D eigenvalue weighted by Crippen LogP contribution is 2.43. The molecule has 0 aromatic heterocycles. The molecule has 3 rings (SSSR count). The van der Waals surface area contributed by atoms with E-state index >= 15 is 0 Å². The Morgan fingerprint density at radius 1 is 1.12 bits per heavy atom. The Morgan fingerprint density at radius 3 is 2.44 bits per heavy atom. The van der Waals surface area contributed by atoms with Gasteiger partial charge in [0.1, 0.15) is 0 Å². The Balaban J connectivity index is 2.12. The second-order valence-corrected chi connectivity index (χ2v) is 8.53. The third-order valence-corrected chi connectivity index (χ3v) is 5.59. The molecule has 2 aromatic rings. The number of halogens is 5. The number of ether oxygens (including phenoxy) is 1. The van der Waals surface area contributed by atoms with Gasteiger partial charge in [0.15, 0.2) is 11.6 Å². The van der Waals surface area contributed by atoms with E-state index in [0.29, 0.717) is 0 Å². The average molecular weight is 481 g/mol. The van der Waals surface area contributed by atoms with Crippen molar-refractivity contribution in [1.29, 1.82) is 0 Å². The second kappa shape index (κ2) is 9.95. The predicted molar refractivity (Wildman–Crippen MR) is 114 cm³/mol. The molecular weight excluding hydrogens is 457 g/mol. The van der Waals surface area contributed by atoms with E-state index in [4.69, 9.17) is 4.74 Å². The minimum Gasteiger partial charge on any atom is -0.462 e. The van der Waals surface area contributed by atoms with Crippen molar-refractivity contribution in [2.24, 2.45) is 5.92 Å². The highest BCUT2D eigenvalue weighted by atomic mass is 19.4. The zero-order chi connectivity index (χ0) is 25.2. The second-order valence-electron chi connectivity index (χ2n) is 8.53. The first-order valence-corrected chi connectivity index (χ1v) is 10.7. The SMILES string of the molecule is CC1=C(C(=O)OCC(C)C)[C@H](c2ccccc2C(F)(F)F)CC(=O)N1Cc1cccc(F)c1F. The number of carbonyl (C=O) groups excluding carboxylic acids is 2. The Bertz CT molecular complexity index is 1120. The summed E-state index contributed by atoms with van der Waals surface area (Å²) in [5.41, 5.74) is -1.39. The first-order valence-electron chi connectivity index (χ1n) is 10.7. The van der Waals surface area contributed by atoms with Gasteiger partial charge < -0.3 is 9.64 Å². The number of benzene rings is 2. The maximum Gasteiger partial charge on any atom is 0.416 e. The number of hydrogen-bond donors (Lipinski definition) is 0. The van der Waals surface area contributed by atoms with Crippen molar-refractivity contribution in [3.63, 3.8) is 0 Å². The van der Waals surface area contributed by atoms with Gasteiger partial charge in [-0.2, -0.15) is 13.2 Å². The Hall–Kier alpha value is -3.23. The molecule has 1 amide bonds. The molecule has 0 radical (unpaired) electrons. The molecule has 34 heavy (non-hydrogen) atoms. The van der Waals surface area contributed by atoms with Gasteiger partial charge in [-0.05, 0) is 30.5 Å². The highest BCUT2D eigenvalue weighted by Gasteiger charge is 2.42. The number of rotatable bonds is 6. The molecule has 1 heterocycles. The van der Waals surface area contributed by atoms with Crippen LogP contribution in [0.2, 0.25) is 0 Å². The van der Waals surface area contributed by atoms with Crippen LogP contribution in [0.25, 0.3) is 0 Å². The van der Waals surface area contributed by atoms with Crippen molar-refractivity contribution >= 4 is 11.9 Å². The molecule has 0 unspecified atom stereocenters. The van der Waals surface area contributed by atoms with Gasteiger partial charge in [0.2, 0.25) is 5.91 Å². The molecular formula is C25H24F5NO3. The van der Waals surface area contributed by atoms with E-state index in [1.807, 2.05) is 0 Å². The number of hydrogen-bond acceptors (Lipinski definition) is 3. The smallest absolute Gasteiger partial charge is 0.416 e. The summed E-state index contributed by atoms with van der Waals surface area (Å²) in [4.78, 5) is 27.2. The number of carbonyl (C=O) groups is 2. The standard InChI is InChI=1S/C25H24F5NO3/c1-14(2)13-34-24(33)22-15(3)31(12-16-7-6-10-20(26)23(16)27)21(32)11-18(22)17-8-4-5-9-19(17)25(28,29)30/h4-10,14,18H,11-13H2,1-3H3/t18-/m0/s1. The van der Waals surface area contributed by atoms with Crippen LogP contribution in [0, 0.1) is 17.6 Å². The van der Waals surface area contributed by atoms with E-state index in [0.717, 1.165) is 17.0 Å². The topological polar surface area (TPSA) is 46.6 Å². The van der Waals surface area contributed by atoms with Crippen LogP contribution in [-0.2, 0) is 27.0 Å². The molecule has 9 heteroatoms. The zero-order valence-corrected chi connectivity index (χ0v) is 18.9. The van der Waals surface area contributed by atoms with Gasteiger partial charge in [0.25, 0.3) is 0 Å². The molecule has 0 fully saturated rings. The number of alkyl halides is 3. The van der Waals surface area contributed by atoms with Crippen molar-refractivity contribution in [3.8, 4) is 0 Å². The van der Waals surface area contributed by atoms with Crippen LogP contribution in [0.15, 0.2) is 53.7 Å². The lowest BCUT2D eigenvalue weighted by Gasteiger charge is -2.35. The van der Waals surface area contributed by atoms with Crippen molar-refractivity contribution < 1.29 is 36.3 Å². The van der Waals surface area contributed by atoms with E-state index in [-0.39, 0.29) is 41.5 Å². The van der Waals surface area contributed by atoms with Crippen LogP contribution in [0.5, 0.6) is 0 Å². The van der Waals surface area contributed by atoms with E-state index in [2.05, 4.69) is 0 Å². The van der Waals surface area contributed by atoms with E-state index in [1.165, 1.54) is 37.3 Å². The van der Waals surface area contributed by atoms with E-state index in [9.17, 15) is 31.5 Å². The fourth-order valence-electron chi connectivity index (χ4n) is 3.95. The first kappa shape index (κ1) is 25.4. The minimum absolute atomic E-state index is 0.0235. The van der Waals surface area contributed by atoms with Gasteiger partial charge in [0.05, 0.1) is 24.3 Å². The van der Waals surface area contributed by atoms with Crippen molar-refractivity contribution in [1.82, 2.24) is 4.90 Å². The highest BCUT2D eigenvalue weighted by molar-refractivity contribution is 5.96. The van der Waals surface area contributed by atoms with Crippen LogP contribution in [0.1, 0.15) is 49.8 Å². The number of amides is 1. The van der Waals surface area contributed by atoms with E-state index < -0.39 is 47.6 Å². The fourth-order valence-corrected chi connectivity index (χ4v) is 3.95. The molecule has 0 saturated carbocycles. The normalized spacial score (nSPS) is 16.9. The van der Waals surface area contributed by atoms with Gasteiger partial charge >= 0.3 is 12.1 Å². The summed E-state index contributed by atoms with van der Waals surface area (Å²) in [5, 5.41) is 0. The van der Waals surface area contributed by atoms with Crippen molar-refractivity contribution in [2.45, 2.75) is 45.8 Å². The molecule has 2 aromatic carbocycles. The lowest BCUT2D eigenvalue weighted by atomic mass is 9.81. The summed E-state index contributed by atoms with van der Waals surface area (Å²) in [6.07, 6.45) is -5.17. The number of nitrogens with zero attached hydrogens (tertiary/aromatic N) is 1. The zero-order valence-electron chi connectivity index (χ0n) is 18.9. The van der Waals surface area contributed by atoms with Crippen LogP contribution in [0.3, 0.4) is 0 Å². The molecule has 1 aliphatic rings. The molecule has 4 nitrogen and oxygen atoms in total.